The molecule has 22 heavy (non-hydrogen) atoms. The molecule has 0 radical (unpaired) electrons. The fourth-order valence-electron chi connectivity index (χ4n) is 1.73. The van der Waals surface area contributed by atoms with Gasteiger partial charge in [0, 0.05) is 16.6 Å². The molecule has 0 aliphatic heterocycles. The standard InChI is InChI=1S/C15H12BrNO5/c1-21-12-6-7-14(16)13(8-12)15(18)22-9-10-2-4-11(5-3-10)17(19)20/h2-8H,9H2,1H3. The Morgan fingerprint density at radius 2 is 1.91 bits per heavy atom. The van der Waals surface area contributed by atoms with Crippen LogP contribution in [0.4, 0.5) is 5.69 Å². The first-order valence-electron chi connectivity index (χ1n) is 6.25. The molecule has 0 unspecified atom stereocenters. The van der Waals surface area contributed by atoms with Crippen LogP contribution in [-0.4, -0.2) is 18.0 Å². The van der Waals surface area contributed by atoms with Crippen molar-refractivity contribution in [3.05, 3.63) is 68.2 Å². The molecule has 7 heteroatoms. The van der Waals surface area contributed by atoms with Crippen LogP contribution in [0, 0.1) is 10.1 Å². The van der Waals surface area contributed by atoms with Crippen molar-refractivity contribution in [2.24, 2.45) is 0 Å². The number of nitro groups is 1. The summed E-state index contributed by atoms with van der Waals surface area (Å²) >= 11 is 3.28. The maximum Gasteiger partial charge on any atom is 0.339 e. The number of rotatable bonds is 5. The second-order valence-corrected chi connectivity index (χ2v) is 5.20. The van der Waals surface area contributed by atoms with Crippen LogP contribution in [-0.2, 0) is 11.3 Å². The summed E-state index contributed by atoms with van der Waals surface area (Å²) in [5.41, 5.74) is 1.00. The first-order chi connectivity index (χ1) is 10.5. The number of hydrogen-bond acceptors (Lipinski definition) is 5. The molecule has 2 rings (SSSR count). The van der Waals surface area contributed by atoms with Gasteiger partial charge in [-0.15, -0.1) is 0 Å². The number of methoxy groups -OCH3 is 1. The third-order valence-corrected chi connectivity index (χ3v) is 3.60. The highest BCUT2D eigenvalue weighted by Gasteiger charge is 2.13. The van der Waals surface area contributed by atoms with Crippen molar-refractivity contribution in [2.45, 2.75) is 6.61 Å². The highest BCUT2D eigenvalue weighted by Crippen LogP contribution is 2.23. The molecular weight excluding hydrogens is 354 g/mol. The second kappa shape index (κ2) is 7.04. The lowest BCUT2D eigenvalue weighted by molar-refractivity contribution is -0.384. The summed E-state index contributed by atoms with van der Waals surface area (Å²) in [4.78, 5) is 22.1. The molecule has 0 aliphatic carbocycles. The molecule has 0 bridgehead atoms. The quantitative estimate of drug-likeness (QED) is 0.458. The van der Waals surface area contributed by atoms with E-state index < -0.39 is 10.9 Å². The molecule has 0 N–H and O–H groups in total. The number of esters is 1. The number of non-ortho nitro benzene ring substituents is 1. The van der Waals surface area contributed by atoms with Crippen LogP contribution in [0.1, 0.15) is 15.9 Å². The summed E-state index contributed by atoms with van der Waals surface area (Å²) in [5.74, 6) is 0.0367. The van der Waals surface area contributed by atoms with Crippen LogP contribution >= 0.6 is 15.9 Å². The van der Waals surface area contributed by atoms with E-state index in [4.69, 9.17) is 9.47 Å². The first-order valence-corrected chi connectivity index (χ1v) is 7.04. The van der Waals surface area contributed by atoms with Crippen LogP contribution in [0.15, 0.2) is 46.9 Å². The summed E-state index contributed by atoms with van der Waals surface area (Å²) in [6, 6.07) is 10.8. The van der Waals surface area contributed by atoms with Crippen LogP contribution in [0.3, 0.4) is 0 Å². The highest BCUT2D eigenvalue weighted by molar-refractivity contribution is 9.10. The van der Waals surface area contributed by atoms with Gasteiger partial charge in [0.2, 0.25) is 0 Å². The minimum absolute atomic E-state index is 0.00869. The van der Waals surface area contributed by atoms with E-state index in [-0.39, 0.29) is 12.3 Å². The fourth-order valence-corrected chi connectivity index (χ4v) is 2.14. The molecule has 2 aromatic carbocycles. The molecule has 0 aromatic heterocycles. The molecule has 0 fully saturated rings. The van der Waals surface area contributed by atoms with E-state index in [9.17, 15) is 14.9 Å². The van der Waals surface area contributed by atoms with Crippen LogP contribution in [0.25, 0.3) is 0 Å². The van der Waals surface area contributed by atoms with E-state index in [1.165, 1.54) is 19.2 Å². The number of carbonyl (C=O) groups excluding carboxylic acids is 1. The largest absolute Gasteiger partial charge is 0.497 e. The number of nitro benzene ring substituents is 1. The van der Waals surface area contributed by atoms with Gasteiger partial charge in [-0.2, -0.15) is 0 Å². The zero-order valence-electron chi connectivity index (χ0n) is 11.6. The average molecular weight is 366 g/mol. The topological polar surface area (TPSA) is 78.7 Å². The molecule has 114 valence electrons. The van der Waals surface area contributed by atoms with Crippen molar-refractivity contribution in [1.82, 2.24) is 0 Å². The van der Waals surface area contributed by atoms with Gasteiger partial charge >= 0.3 is 5.97 Å². The van der Waals surface area contributed by atoms with Gasteiger partial charge < -0.3 is 9.47 Å². The predicted octanol–water partition coefficient (Wildman–Crippen LogP) is 3.72. The van der Waals surface area contributed by atoms with Gasteiger partial charge in [-0.1, -0.05) is 0 Å². The van der Waals surface area contributed by atoms with Crippen molar-refractivity contribution in [3.63, 3.8) is 0 Å². The molecular formula is C15H12BrNO5. The zero-order valence-corrected chi connectivity index (χ0v) is 13.2. The summed E-state index contributed by atoms with van der Waals surface area (Å²) in [6.07, 6.45) is 0. The van der Waals surface area contributed by atoms with Crippen LogP contribution in [0.5, 0.6) is 5.75 Å². The predicted molar refractivity (Wildman–Crippen MR) is 82.9 cm³/mol. The van der Waals surface area contributed by atoms with Gasteiger partial charge in [0.1, 0.15) is 12.4 Å². The summed E-state index contributed by atoms with van der Waals surface area (Å²) < 4.78 is 10.9. The van der Waals surface area contributed by atoms with Crippen molar-refractivity contribution < 1.29 is 19.2 Å². The van der Waals surface area contributed by atoms with E-state index in [0.29, 0.717) is 21.3 Å². The Kier molecular flexibility index (Phi) is 5.11. The van der Waals surface area contributed by atoms with Crippen molar-refractivity contribution in [3.8, 4) is 5.75 Å². The summed E-state index contributed by atoms with van der Waals surface area (Å²) in [5, 5.41) is 10.6. The molecule has 0 saturated heterocycles. The van der Waals surface area contributed by atoms with E-state index in [1.807, 2.05) is 0 Å². The molecule has 6 nitrogen and oxygen atoms in total. The second-order valence-electron chi connectivity index (χ2n) is 4.35. The minimum Gasteiger partial charge on any atom is -0.497 e. The Bertz CT molecular complexity index is 700. The molecule has 0 atom stereocenters. The maximum absolute atomic E-state index is 12.1. The van der Waals surface area contributed by atoms with Gasteiger partial charge in [-0.05, 0) is 51.8 Å². The molecule has 0 heterocycles. The molecule has 0 aliphatic rings. The van der Waals surface area contributed by atoms with Crippen LogP contribution in [0.2, 0.25) is 0 Å². The number of benzene rings is 2. The van der Waals surface area contributed by atoms with Gasteiger partial charge in [-0.3, -0.25) is 10.1 Å². The van der Waals surface area contributed by atoms with Gasteiger partial charge in [0.15, 0.2) is 0 Å². The lowest BCUT2D eigenvalue weighted by Gasteiger charge is -2.08. The van der Waals surface area contributed by atoms with E-state index in [0.717, 1.165) is 0 Å². The first kappa shape index (κ1) is 16.0. The Hall–Kier alpha value is -2.41. The van der Waals surface area contributed by atoms with Crippen molar-refractivity contribution in [1.29, 1.82) is 0 Å². The SMILES string of the molecule is COc1ccc(Br)c(C(=O)OCc2ccc([N+](=O)[O-])cc2)c1. The fraction of sp³-hybridized carbons (Fsp3) is 0.133. The Labute approximate surface area is 134 Å². The number of halogens is 1. The normalized spacial score (nSPS) is 10.1. The van der Waals surface area contributed by atoms with E-state index in [2.05, 4.69) is 15.9 Å². The number of hydrogen-bond donors (Lipinski definition) is 0. The number of ether oxygens (including phenoxy) is 2. The number of nitrogens with zero attached hydrogens (tertiary/aromatic N) is 1. The van der Waals surface area contributed by atoms with Gasteiger partial charge in [-0.25, -0.2) is 4.79 Å². The average Bonchev–Trinajstić information content (AvgIpc) is 2.53. The van der Waals surface area contributed by atoms with E-state index in [1.54, 1.807) is 30.3 Å². The van der Waals surface area contributed by atoms with Crippen LogP contribution < -0.4 is 4.74 Å². The monoisotopic (exact) mass is 365 g/mol. The summed E-state index contributed by atoms with van der Waals surface area (Å²) in [6.45, 7) is 0.0283. The zero-order chi connectivity index (χ0) is 16.1. The van der Waals surface area contributed by atoms with Gasteiger partial charge in [0.25, 0.3) is 5.69 Å². The molecule has 2 aromatic rings. The van der Waals surface area contributed by atoms with Crippen molar-refractivity contribution >= 4 is 27.6 Å². The Morgan fingerprint density at radius 1 is 1.23 bits per heavy atom. The highest BCUT2D eigenvalue weighted by atomic mass is 79.9. The van der Waals surface area contributed by atoms with Gasteiger partial charge in [0.05, 0.1) is 17.6 Å². The number of carbonyl (C=O) groups is 1. The lowest BCUT2D eigenvalue weighted by Crippen LogP contribution is -2.06. The Morgan fingerprint density at radius 3 is 2.50 bits per heavy atom. The molecule has 0 saturated carbocycles. The maximum atomic E-state index is 12.1. The third kappa shape index (κ3) is 3.82. The van der Waals surface area contributed by atoms with E-state index >= 15 is 0 Å². The third-order valence-electron chi connectivity index (χ3n) is 2.91. The lowest BCUT2D eigenvalue weighted by atomic mass is 10.2. The Balaban J connectivity index is 2.05. The minimum atomic E-state index is -0.510. The molecule has 0 spiro atoms. The smallest absolute Gasteiger partial charge is 0.339 e. The molecule has 0 amide bonds. The van der Waals surface area contributed by atoms with Crippen molar-refractivity contribution in [2.75, 3.05) is 7.11 Å². The summed E-state index contributed by atoms with van der Waals surface area (Å²) in [7, 11) is 1.51.